The molecule has 3 heteroatoms. The van der Waals surface area contributed by atoms with E-state index in [-0.39, 0.29) is 35.5 Å². The average Bonchev–Trinajstić information content (AvgIpc) is 3.61. The van der Waals surface area contributed by atoms with Crippen LogP contribution in [0.5, 0.6) is 0 Å². The highest BCUT2D eigenvalue weighted by Crippen LogP contribution is 2.37. The lowest BCUT2D eigenvalue weighted by molar-refractivity contribution is 1.28. The van der Waals surface area contributed by atoms with Crippen molar-refractivity contribution in [1.82, 2.24) is 0 Å². The van der Waals surface area contributed by atoms with Gasteiger partial charge in [-0.2, -0.15) is 0 Å². The van der Waals surface area contributed by atoms with Crippen molar-refractivity contribution in [2.24, 2.45) is 0 Å². The minimum atomic E-state index is -3.35. The van der Waals surface area contributed by atoms with Gasteiger partial charge in [-0.1, -0.05) is 145 Å². The molecule has 0 bridgehead atoms. The topological polar surface area (TPSA) is 6.48 Å². The van der Waals surface area contributed by atoms with Gasteiger partial charge in [-0.25, -0.2) is 0 Å². The van der Waals surface area contributed by atoms with Gasteiger partial charge in [0.05, 0.1) is 13.7 Å². The van der Waals surface area contributed by atoms with Crippen LogP contribution in [0.4, 0.5) is 34.1 Å². The van der Waals surface area contributed by atoms with Gasteiger partial charge < -0.3 is 9.80 Å². The third kappa shape index (κ3) is 5.27. The molecular formula is C48H36N2Si. The zero-order valence-electron chi connectivity index (χ0n) is 37.4. The van der Waals surface area contributed by atoms with Crippen LogP contribution in [-0.4, -0.2) is 8.07 Å². The maximum Gasteiger partial charge on any atom is 0.181 e. The van der Waals surface area contributed by atoms with E-state index in [2.05, 4.69) is 48.5 Å². The molecule has 0 saturated heterocycles. The summed E-state index contributed by atoms with van der Waals surface area (Å²) in [6.45, 7) is 0. The summed E-state index contributed by atoms with van der Waals surface area (Å²) in [5, 5.41) is 4.16. The summed E-state index contributed by atoms with van der Waals surface area (Å²) in [4.78, 5) is 3.45. The van der Waals surface area contributed by atoms with Crippen molar-refractivity contribution in [3.8, 4) is 11.1 Å². The van der Waals surface area contributed by atoms with Gasteiger partial charge in [0.15, 0.2) is 8.07 Å². The second-order valence-corrected chi connectivity index (χ2v) is 16.0. The SMILES string of the molecule is [2H]c1c([2H])c([2H])c(N(c2ccccc2)c2cccc([Si]3(c4cccc(N(c5ccccc5)c5c([2H])c([2H])c([2H])c([2H])c5[2H])c4)c4ccccc4-c4ccccc43)c2)c([2H])c1[2H]. The molecule has 0 fully saturated rings. The van der Waals surface area contributed by atoms with E-state index in [0.717, 1.165) is 31.9 Å². The third-order valence-electron chi connectivity index (χ3n) is 9.48. The molecule has 1 aliphatic rings. The number of rotatable bonds is 8. The van der Waals surface area contributed by atoms with Gasteiger partial charge in [0.2, 0.25) is 0 Å². The first-order chi connectivity index (χ1) is 29.5. The van der Waals surface area contributed by atoms with Crippen LogP contribution in [0.2, 0.25) is 0 Å². The minimum absolute atomic E-state index is 0.0245. The van der Waals surface area contributed by atoms with Crippen LogP contribution in [0.25, 0.3) is 11.1 Å². The number of benzene rings is 8. The molecule has 0 unspecified atom stereocenters. The summed E-state index contributed by atoms with van der Waals surface area (Å²) >= 11 is 0. The van der Waals surface area contributed by atoms with Crippen molar-refractivity contribution in [2.45, 2.75) is 0 Å². The van der Waals surface area contributed by atoms with E-state index in [1.165, 1.54) is 0 Å². The van der Waals surface area contributed by atoms with E-state index >= 15 is 0 Å². The Morgan fingerprint density at radius 1 is 0.333 bits per heavy atom. The van der Waals surface area contributed by atoms with Crippen LogP contribution in [0, 0.1) is 0 Å². The van der Waals surface area contributed by atoms with Crippen LogP contribution in [-0.2, 0) is 0 Å². The fourth-order valence-corrected chi connectivity index (χ4v) is 12.7. The molecule has 2 nitrogen and oxygen atoms in total. The predicted molar refractivity (Wildman–Crippen MR) is 218 cm³/mol. The zero-order valence-corrected chi connectivity index (χ0v) is 28.4. The molecule has 0 radical (unpaired) electrons. The van der Waals surface area contributed by atoms with Gasteiger partial charge in [-0.3, -0.25) is 0 Å². The van der Waals surface area contributed by atoms with E-state index in [4.69, 9.17) is 13.7 Å². The van der Waals surface area contributed by atoms with Crippen LogP contribution in [0.1, 0.15) is 13.7 Å². The predicted octanol–water partition coefficient (Wildman–Crippen LogP) is 9.98. The molecule has 1 aliphatic heterocycles. The molecule has 0 spiro atoms. The molecule has 242 valence electrons. The monoisotopic (exact) mass is 678 g/mol. The highest BCUT2D eigenvalue weighted by Gasteiger charge is 2.48. The Balaban J connectivity index is 1.35. The van der Waals surface area contributed by atoms with Crippen LogP contribution < -0.4 is 30.5 Å². The molecule has 0 atom stereocenters. The number of nitrogens with zero attached hydrogens (tertiary/aromatic N) is 2. The fraction of sp³-hybridized carbons (Fsp3) is 0. The summed E-state index contributed by atoms with van der Waals surface area (Å²) in [7, 11) is -3.35. The van der Waals surface area contributed by atoms with Crippen molar-refractivity contribution < 1.29 is 13.7 Å². The quantitative estimate of drug-likeness (QED) is 0.148. The largest absolute Gasteiger partial charge is 0.311 e. The Bertz CT molecular complexity index is 2760. The molecule has 9 rings (SSSR count). The summed E-state index contributed by atoms with van der Waals surface area (Å²) in [5.41, 5.74) is 4.62. The zero-order chi connectivity index (χ0) is 42.7. The number of hydrogen-bond donors (Lipinski definition) is 0. The van der Waals surface area contributed by atoms with Crippen LogP contribution >= 0.6 is 0 Å². The third-order valence-corrected chi connectivity index (χ3v) is 14.3. The summed E-state index contributed by atoms with van der Waals surface area (Å²) in [6.07, 6.45) is 0. The lowest BCUT2D eigenvalue weighted by Crippen LogP contribution is -2.72. The molecule has 51 heavy (non-hydrogen) atoms. The Kier molecular flexibility index (Phi) is 5.56. The van der Waals surface area contributed by atoms with E-state index < -0.39 is 44.3 Å². The Morgan fingerprint density at radius 2 is 0.706 bits per heavy atom. The highest BCUT2D eigenvalue weighted by molar-refractivity contribution is 7.22. The van der Waals surface area contributed by atoms with Crippen LogP contribution in [0.15, 0.2) is 218 Å². The van der Waals surface area contributed by atoms with E-state index in [0.29, 0.717) is 22.7 Å². The van der Waals surface area contributed by atoms with E-state index in [1.807, 2.05) is 109 Å². The van der Waals surface area contributed by atoms with Gasteiger partial charge in [0, 0.05) is 34.1 Å². The molecule has 8 aromatic carbocycles. The standard InChI is InChI=1S/C48H36N2Si/c1-5-19-37(20-6-1)49(38-21-7-2-8-22-38)41-27-17-29-43(35-41)51(47-33-15-13-31-45(47)46-32-14-16-34-48(46)51)44-30-18-28-42(36-44)50(39-23-9-3-10-24-39)40-25-11-4-12-26-40/h1-36H/i1D,3D,5D,6D,9D,10D,19D,20D,23D,24D. The number of hydrogen-bond acceptors (Lipinski definition) is 2. The normalized spacial score (nSPS) is 15.2. The Hall–Kier alpha value is -6.42. The average molecular weight is 679 g/mol. The van der Waals surface area contributed by atoms with Crippen molar-refractivity contribution in [1.29, 1.82) is 0 Å². The van der Waals surface area contributed by atoms with Crippen molar-refractivity contribution >= 4 is 62.9 Å². The van der Waals surface area contributed by atoms with Gasteiger partial charge in [0.25, 0.3) is 0 Å². The summed E-state index contributed by atoms with van der Waals surface area (Å²) < 4.78 is 87.3. The highest BCUT2D eigenvalue weighted by atomic mass is 28.3. The Labute approximate surface area is 315 Å². The minimum Gasteiger partial charge on any atom is -0.311 e. The molecular weight excluding hydrogens is 633 g/mol. The van der Waals surface area contributed by atoms with Gasteiger partial charge in [-0.05, 0) is 105 Å². The van der Waals surface area contributed by atoms with Crippen LogP contribution in [0.3, 0.4) is 0 Å². The number of fused-ring (bicyclic) bond motifs is 3. The lowest BCUT2D eigenvalue weighted by Gasteiger charge is -2.34. The second-order valence-electron chi connectivity index (χ2n) is 12.2. The van der Waals surface area contributed by atoms with Gasteiger partial charge in [0.1, 0.15) is 0 Å². The Morgan fingerprint density at radius 3 is 1.14 bits per heavy atom. The molecule has 0 aromatic heterocycles. The molecule has 0 N–H and O–H groups in total. The molecule has 0 amide bonds. The molecule has 0 saturated carbocycles. The summed E-state index contributed by atoms with van der Waals surface area (Å²) in [5.74, 6) is 0. The maximum absolute atomic E-state index is 9.05. The van der Waals surface area contributed by atoms with Crippen molar-refractivity contribution in [3.63, 3.8) is 0 Å². The lowest BCUT2D eigenvalue weighted by atomic mass is 10.1. The van der Waals surface area contributed by atoms with Crippen molar-refractivity contribution in [3.05, 3.63) is 218 Å². The van der Waals surface area contributed by atoms with Gasteiger partial charge in [-0.15, -0.1) is 0 Å². The first kappa shape index (κ1) is 21.6. The van der Waals surface area contributed by atoms with Crippen molar-refractivity contribution in [2.75, 3.05) is 9.80 Å². The number of para-hydroxylation sites is 4. The fourth-order valence-electron chi connectivity index (χ4n) is 7.46. The summed E-state index contributed by atoms with van der Waals surface area (Å²) in [6, 6.07) is 47.2. The van der Waals surface area contributed by atoms with E-state index in [9.17, 15) is 0 Å². The molecule has 8 aromatic rings. The first-order valence-electron chi connectivity index (χ1n) is 21.7. The maximum atomic E-state index is 9.05. The number of anilines is 6. The van der Waals surface area contributed by atoms with E-state index in [1.54, 1.807) is 9.80 Å². The second kappa shape index (κ2) is 13.1. The molecule has 1 heterocycles. The van der Waals surface area contributed by atoms with Gasteiger partial charge >= 0.3 is 0 Å². The first-order valence-corrected chi connectivity index (χ1v) is 18.7. The molecule has 0 aliphatic carbocycles. The smallest absolute Gasteiger partial charge is 0.181 e.